The molecule has 1 aliphatic rings. The van der Waals surface area contributed by atoms with Crippen molar-refractivity contribution in [3.63, 3.8) is 0 Å². The van der Waals surface area contributed by atoms with Crippen molar-refractivity contribution in [1.29, 1.82) is 0 Å². The average Bonchev–Trinajstić information content (AvgIpc) is 2.52. The fourth-order valence-corrected chi connectivity index (χ4v) is 2.13. The molecule has 2 heterocycles. The predicted octanol–water partition coefficient (Wildman–Crippen LogP) is 0.950. The van der Waals surface area contributed by atoms with E-state index >= 15 is 0 Å². The molecule has 1 aromatic rings. The molecule has 1 fully saturated rings. The molecular formula is C8H13N3OS. The summed E-state index contributed by atoms with van der Waals surface area (Å²) in [5.41, 5.74) is 5.62. The van der Waals surface area contributed by atoms with Gasteiger partial charge in [0.05, 0.1) is 18.9 Å². The Morgan fingerprint density at radius 3 is 3.23 bits per heavy atom. The fourth-order valence-electron chi connectivity index (χ4n) is 1.42. The van der Waals surface area contributed by atoms with Gasteiger partial charge >= 0.3 is 0 Å². The third kappa shape index (κ3) is 1.92. The van der Waals surface area contributed by atoms with Gasteiger partial charge in [0.25, 0.3) is 0 Å². The molecule has 1 atom stereocenters. The maximum absolute atomic E-state index is 5.62. The minimum atomic E-state index is 0.291. The SMILES string of the molecule is CC1CN(c2ncc(N)s2)CCO1. The minimum Gasteiger partial charge on any atom is -0.389 e. The van der Waals surface area contributed by atoms with Gasteiger partial charge < -0.3 is 15.4 Å². The maximum Gasteiger partial charge on any atom is 0.187 e. The van der Waals surface area contributed by atoms with Gasteiger partial charge in [0, 0.05) is 13.1 Å². The van der Waals surface area contributed by atoms with Crippen molar-refractivity contribution in [1.82, 2.24) is 4.98 Å². The highest BCUT2D eigenvalue weighted by atomic mass is 32.1. The first kappa shape index (κ1) is 8.77. The molecule has 0 aromatic carbocycles. The zero-order valence-electron chi connectivity index (χ0n) is 7.56. The second-order valence-electron chi connectivity index (χ2n) is 3.17. The molecule has 2 N–H and O–H groups in total. The van der Waals surface area contributed by atoms with E-state index < -0.39 is 0 Å². The van der Waals surface area contributed by atoms with Crippen LogP contribution in [0, 0.1) is 0 Å². The third-order valence-corrected chi connectivity index (χ3v) is 2.91. The lowest BCUT2D eigenvalue weighted by Gasteiger charge is -2.30. The molecule has 13 heavy (non-hydrogen) atoms. The molecule has 2 rings (SSSR count). The van der Waals surface area contributed by atoms with E-state index in [-0.39, 0.29) is 0 Å². The molecule has 1 unspecified atom stereocenters. The monoisotopic (exact) mass is 199 g/mol. The van der Waals surface area contributed by atoms with Gasteiger partial charge in [0.2, 0.25) is 0 Å². The lowest BCUT2D eigenvalue weighted by atomic mass is 10.3. The standard InChI is InChI=1S/C8H13N3OS/c1-6-5-11(2-3-12-6)8-10-4-7(9)13-8/h4,6H,2-3,5,9H2,1H3. The summed E-state index contributed by atoms with van der Waals surface area (Å²) in [6.45, 7) is 4.67. The van der Waals surface area contributed by atoms with Crippen LogP contribution >= 0.6 is 11.3 Å². The van der Waals surface area contributed by atoms with Crippen LogP contribution in [0.5, 0.6) is 0 Å². The van der Waals surface area contributed by atoms with Crippen LogP contribution < -0.4 is 10.6 Å². The normalized spacial score (nSPS) is 23.5. The first-order valence-electron chi connectivity index (χ1n) is 4.33. The molecule has 5 heteroatoms. The molecule has 0 radical (unpaired) electrons. The second-order valence-corrected chi connectivity index (χ2v) is 4.21. The number of thiazole rings is 1. The topological polar surface area (TPSA) is 51.4 Å². The van der Waals surface area contributed by atoms with Gasteiger partial charge in [-0.15, -0.1) is 0 Å². The average molecular weight is 199 g/mol. The third-order valence-electron chi connectivity index (χ3n) is 2.02. The summed E-state index contributed by atoms with van der Waals surface area (Å²) in [4.78, 5) is 6.46. The van der Waals surface area contributed by atoms with Crippen molar-refractivity contribution in [2.75, 3.05) is 30.3 Å². The van der Waals surface area contributed by atoms with Crippen molar-refractivity contribution in [2.24, 2.45) is 0 Å². The van der Waals surface area contributed by atoms with E-state index in [1.165, 1.54) is 11.3 Å². The molecule has 0 saturated carbocycles. The number of nitrogen functional groups attached to an aromatic ring is 1. The molecule has 72 valence electrons. The van der Waals surface area contributed by atoms with E-state index in [1.807, 2.05) is 0 Å². The van der Waals surface area contributed by atoms with Gasteiger partial charge in [-0.1, -0.05) is 11.3 Å². The Hall–Kier alpha value is -0.810. The van der Waals surface area contributed by atoms with Crippen LogP contribution in [0.1, 0.15) is 6.92 Å². The number of nitrogens with two attached hydrogens (primary N) is 1. The fraction of sp³-hybridized carbons (Fsp3) is 0.625. The van der Waals surface area contributed by atoms with Crippen LogP contribution in [0.4, 0.5) is 10.1 Å². The largest absolute Gasteiger partial charge is 0.389 e. The minimum absolute atomic E-state index is 0.291. The highest BCUT2D eigenvalue weighted by Crippen LogP contribution is 2.25. The quantitative estimate of drug-likeness (QED) is 0.731. The smallest absolute Gasteiger partial charge is 0.187 e. The molecule has 0 spiro atoms. The Morgan fingerprint density at radius 2 is 2.62 bits per heavy atom. The van der Waals surface area contributed by atoms with Gasteiger partial charge in [0.15, 0.2) is 5.13 Å². The van der Waals surface area contributed by atoms with E-state index in [0.717, 1.165) is 29.8 Å². The van der Waals surface area contributed by atoms with Crippen molar-refractivity contribution in [3.05, 3.63) is 6.20 Å². The van der Waals surface area contributed by atoms with Gasteiger partial charge in [0.1, 0.15) is 5.00 Å². The van der Waals surface area contributed by atoms with Crippen molar-refractivity contribution in [2.45, 2.75) is 13.0 Å². The molecule has 1 aliphatic heterocycles. The van der Waals surface area contributed by atoms with Crippen LogP contribution in [0.3, 0.4) is 0 Å². The van der Waals surface area contributed by atoms with Gasteiger partial charge in [-0.3, -0.25) is 0 Å². The second kappa shape index (κ2) is 3.51. The van der Waals surface area contributed by atoms with Crippen LogP contribution in [0.25, 0.3) is 0 Å². The van der Waals surface area contributed by atoms with E-state index in [9.17, 15) is 0 Å². The van der Waals surface area contributed by atoms with Gasteiger partial charge in [-0.25, -0.2) is 4.98 Å². The van der Waals surface area contributed by atoms with Crippen molar-refractivity contribution in [3.8, 4) is 0 Å². The van der Waals surface area contributed by atoms with Crippen LogP contribution in [0.2, 0.25) is 0 Å². The highest BCUT2D eigenvalue weighted by Gasteiger charge is 2.18. The Labute approximate surface area is 81.3 Å². The van der Waals surface area contributed by atoms with Crippen LogP contribution in [-0.2, 0) is 4.74 Å². The summed E-state index contributed by atoms with van der Waals surface area (Å²) in [5, 5.41) is 1.78. The van der Waals surface area contributed by atoms with Crippen LogP contribution in [-0.4, -0.2) is 30.8 Å². The number of nitrogens with zero attached hydrogens (tertiary/aromatic N) is 2. The summed E-state index contributed by atoms with van der Waals surface area (Å²) in [5.74, 6) is 0. The molecule has 0 aliphatic carbocycles. The van der Waals surface area contributed by atoms with Crippen molar-refractivity contribution < 1.29 is 4.74 Å². The number of morpholine rings is 1. The lowest BCUT2D eigenvalue weighted by Crippen LogP contribution is -2.41. The number of ether oxygens (including phenoxy) is 1. The first-order valence-corrected chi connectivity index (χ1v) is 5.15. The summed E-state index contributed by atoms with van der Waals surface area (Å²) < 4.78 is 5.44. The molecule has 0 amide bonds. The summed E-state index contributed by atoms with van der Waals surface area (Å²) in [6, 6.07) is 0. The van der Waals surface area contributed by atoms with Crippen LogP contribution in [0.15, 0.2) is 6.20 Å². The predicted molar refractivity (Wildman–Crippen MR) is 54.2 cm³/mol. The van der Waals surface area contributed by atoms with E-state index in [0.29, 0.717) is 6.10 Å². The number of hydrogen-bond acceptors (Lipinski definition) is 5. The number of rotatable bonds is 1. The zero-order valence-corrected chi connectivity index (χ0v) is 8.38. The maximum atomic E-state index is 5.62. The Balaban J connectivity index is 2.08. The lowest BCUT2D eigenvalue weighted by molar-refractivity contribution is 0.0532. The van der Waals surface area contributed by atoms with Gasteiger partial charge in [-0.05, 0) is 6.92 Å². The Kier molecular flexibility index (Phi) is 2.37. The van der Waals surface area contributed by atoms with E-state index in [2.05, 4.69) is 16.8 Å². The Bertz CT molecular complexity index is 289. The summed E-state index contributed by atoms with van der Waals surface area (Å²) >= 11 is 1.53. The van der Waals surface area contributed by atoms with E-state index in [1.54, 1.807) is 6.20 Å². The molecule has 1 aromatic heterocycles. The first-order chi connectivity index (χ1) is 6.25. The molecule has 4 nitrogen and oxygen atoms in total. The highest BCUT2D eigenvalue weighted by molar-refractivity contribution is 7.19. The van der Waals surface area contributed by atoms with Gasteiger partial charge in [-0.2, -0.15) is 0 Å². The van der Waals surface area contributed by atoms with E-state index in [4.69, 9.17) is 10.5 Å². The number of hydrogen-bond donors (Lipinski definition) is 1. The van der Waals surface area contributed by atoms with Crippen molar-refractivity contribution >= 4 is 21.5 Å². The number of aromatic nitrogens is 1. The summed E-state index contributed by atoms with van der Waals surface area (Å²) in [7, 11) is 0. The Morgan fingerprint density at radius 1 is 1.77 bits per heavy atom. The molecule has 0 bridgehead atoms. The number of anilines is 2. The molecule has 1 saturated heterocycles. The summed E-state index contributed by atoms with van der Waals surface area (Å²) in [6.07, 6.45) is 2.00. The molecular weight excluding hydrogens is 186 g/mol. The zero-order chi connectivity index (χ0) is 9.26.